The molecular weight excluding hydrogens is 400 g/mol. The second-order valence-corrected chi connectivity index (χ2v) is 8.57. The molecule has 29 heavy (non-hydrogen) atoms. The average molecular weight is 423 g/mol. The van der Waals surface area contributed by atoms with E-state index in [2.05, 4.69) is 5.32 Å². The normalized spacial score (nSPS) is 21.1. The van der Waals surface area contributed by atoms with Gasteiger partial charge in [-0.3, -0.25) is 4.79 Å². The lowest BCUT2D eigenvalue weighted by Crippen LogP contribution is -2.29. The number of pyridine rings is 1. The number of anilines is 1. The van der Waals surface area contributed by atoms with Crippen LogP contribution >= 0.6 is 11.8 Å². The number of hydrogen-bond donors (Lipinski definition) is 2. The molecule has 2 aliphatic rings. The SMILES string of the molecule is CCNCC1CCN(c2c(F)cc3c(=O)c(C(=O)O)cn4c3c2SCC4CF)C1. The Bertz CT molecular complexity index is 1030. The van der Waals surface area contributed by atoms with Gasteiger partial charge in [0.05, 0.1) is 27.5 Å². The number of carboxylic acid groups (broad SMARTS) is 1. The lowest BCUT2D eigenvalue weighted by atomic mass is 10.1. The summed E-state index contributed by atoms with van der Waals surface area (Å²) in [5.41, 5.74) is -0.324. The molecule has 2 atom stereocenters. The monoisotopic (exact) mass is 423 g/mol. The first-order chi connectivity index (χ1) is 14.0. The van der Waals surface area contributed by atoms with Gasteiger partial charge in [-0.2, -0.15) is 0 Å². The number of nitrogens with zero attached hydrogens (tertiary/aromatic N) is 2. The molecule has 2 N–H and O–H groups in total. The van der Waals surface area contributed by atoms with E-state index < -0.39 is 35.5 Å². The summed E-state index contributed by atoms with van der Waals surface area (Å²) in [6, 6.07) is 0.533. The zero-order valence-corrected chi connectivity index (χ0v) is 16.9. The van der Waals surface area contributed by atoms with Crippen molar-refractivity contribution in [2.75, 3.05) is 43.5 Å². The molecule has 0 aliphatic carbocycles. The minimum atomic E-state index is -1.40. The first kappa shape index (κ1) is 20.2. The molecule has 2 unspecified atom stereocenters. The van der Waals surface area contributed by atoms with E-state index in [-0.39, 0.29) is 5.39 Å². The molecule has 156 valence electrons. The molecule has 1 saturated heterocycles. The molecule has 0 radical (unpaired) electrons. The second-order valence-electron chi connectivity index (χ2n) is 7.54. The van der Waals surface area contributed by atoms with Crippen LogP contribution in [0.25, 0.3) is 10.9 Å². The number of hydrogen-bond acceptors (Lipinski definition) is 5. The van der Waals surface area contributed by atoms with Crippen LogP contribution in [0.4, 0.5) is 14.5 Å². The van der Waals surface area contributed by atoms with Gasteiger partial charge in [-0.05, 0) is 31.5 Å². The van der Waals surface area contributed by atoms with Gasteiger partial charge in [0.15, 0.2) is 0 Å². The largest absolute Gasteiger partial charge is 0.477 e. The van der Waals surface area contributed by atoms with Gasteiger partial charge in [0.1, 0.15) is 18.1 Å². The Hall–Kier alpha value is -2.13. The summed E-state index contributed by atoms with van der Waals surface area (Å²) >= 11 is 1.34. The van der Waals surface area contributed by atoms with Crippen LogP contribution in [0.2, 0.25) is 0 Å². The number of aromatic carboxylic acids is 1. The standard InChI is InChI=1S/C20H23F2N3O3S/c1-2-23-7-11-3-4-24(8-11)17-15(22)5-13-16-19(17)29-10-12(6-21)25(16)9-14(18(13)26)20(27)28/h5,9,11-12,23H,2-4,6-8,10H2,1H3,(H,27,28). The van der Waals surface area contributed by atoms with E-state index in [0.29, 0.717) is 40.9 Å². The van der Waals surface area contributed by atoms with E-state index in [1.54, 1.807) is 0 Å². The van der Waals surface area contributed by atoms with Crippen molar-refractivity contribution in [2.24, 2.45) is 5.92 Å². The third kappa shape index (κ3) is 3.40. The zero-order valence-electron chi connectivity index (χ0n) is 16.1. The number of aromatic nitrogens is 1. The fourth-order valence-electron chi connectivity index (χ4n) is 4.24. The Morgan fingerprint density at radius 2 is 2.24 bits per heavy atom. The molecule has 1 aromatic carbocycles. The highest BCUT2D eigenvalue weighted by Gasteiger charge is 2.33. The van der Waals surface area contributed by atoms with Gasteiger partial charge in [-0.25, -0.2) is 13.6 Å². The molecular formula is C20H23F2N3O3S. The highest BCUT2D eigenvalue weighted by molar-refractivity contribution is 7.99. The molecule has 1 aromatic heterocycles. The van der Waals surface area contributed by atoms with Crippen molar-refractivity contribution in [3.63, 3.8) is 0 Å². The molecule has 1 fully saturated rings. The van der Waals surface area contributed by atoms with Gasteiger partial charge >= 0.3 is 5.97 Å². The van der Waals surface area contributed by atoms with Gasteiger partial charge in [0.2, 0.25) is 5.43 Å². The maximum absolute atomic E-state index is 15.2. The van der Waals surface area contributed by atoms with E-state index >= 15 is 4.39 Å². The van der Waals surface area contributed by atoms with E-state index in [4.69, 9.17) is 0 Å². The molecule has 0 bridgehead atoms. The lowest BCUT2D eigenvalue weighted by Gasteiger charge is -2.31. The van der Waals surface area contributed by atoms with Crippen molar-refractivity contribution in [1.82, 2.24) is 9.88 Å². The highest BCUT2D eigenvalue weighted by Crippen LogP contribution is 2.45. The van der Waals surface area contributed by atoms with Gasteiger partial charge in [-0.15, -0.1) is 11.8 Å². The van der Waals surface area contributed by atoms with Gasteiger partial charge in [-0.1, -0.05) is 6.92 Å². The third-order valence-electron chi connectivity index (χ3n) is 5.71. The Labute approximate surface area is 170 Å². The molecule has 4 rings (SSSR count). The summed E-state index contributed by atoms with van der Waals surface area (Å²) in [5, 5.41) is 12.7. The summed E-state index contributed by atoms with van der Waals surface area (Å²) in [6.45, 7) is 4.50. The number of nitrogens with one attached hydrogen (secondary N) is 1. The van der Waals surface area contributed by atoms with Crippen molar-refractivity contribution in [3.8, 4) is 0 Å². The van der Waals surface area contributed by atoms with Crippen LogP contribution in [0.1, 0.15) is 29.7 Å². The Morgan fingerprint density at radius 1 is 1.45 bits per heavy atom. The maximum atomic E-state index is 15.2. The van der Waals surface area contributed by atoms with Crippen LogP contribution in [-0.2, 0) is 0 Å². The van der Waals surface area contributed by atoms with Crippen molar-refractivity contribution in [2.45, 2.75) is 24.3 Å². The van der Waals surface area contributed by atoms with E-state index in [0.717, 1.165) is 25.6 Å². The molecule has 0 saturated carbocycles. The van der Waals surface area contributed by atoms with Crippen LogP contribution in [0.3, 0.4) is 0 Å². The second kappa shape index (κ2) is 7.95. The first-order valence-corrected chi connectivity index (χ1v) is 10.7. The fraction of sp³-hybridized carbons (Fsp3) is 0.500. The summed E-state index contributed by atoms with van der Waals surface area (Å²) in [7, 11) is 0. The van der Waals surface area contributed by atoms with Crippen molar-refractivity contribution in [3.05, 3.63) is 33.9 Å². The summed E-state index contributed by atoms with van der Waals surface area (Å²) in [6.07, 6.45) is 2.15. The van der Waals surface area contributed by atoms with Gasteiger partial charge in [0.25, 0.3) is 0 Å². The van der Waals surface area contributed by atoms with E-state index in [9.17, 15) is 19.1 Å². The van der Waals surface area contributed by atoms with Gasteiger partial charge < -0.3 is 19.9 Å². The summed E-state index contributed by atoms with van der Waals surface area (Å²) in [4.78, 5) is 26.8. The van der Waals surface area contributed by atoms with Crippen molar-refractivity contribution >= 4 is 34.3 Å². The zero-order chi connectivity index (χ0) is 20.7. The molecule has 2 aromatic rings. The van der Waals surface area contributed by atoms with Crippen LogP contribution < -0.4 is 15.6 Å². The Balaban J connectivity index is 1.88. The van der Waals surface area contributed by atoms with Crippen molar-refractivity contribution in [1.29, 1.82) is 0 Å². The maximum Gasteiger partial charge on any atom is 0.341 e. The molecule has 9 heteroatoms. The number of benzene rings is 1. The van der Waals surface area contributed by atoms with Crippen molar-refractivity contribution < 1.29 is 18.7 Å². The lowest BCUT2D eigenvalue weighted by molar-refractivity contribution is 0.0694. The summed E-state index contributed by atoms with van der Waals surface area (Å²) in [5.74, 6) is -1.17. The number of carbonyl (C=O) groups is 1. The third-order valence-corrected chi connectivity index (χ3v) is 6.93. The number of alkyl halides is 1. The average Bonchev–Trinajstić information content (AvgIpc) is 3.16. The van der Waals surface area contributed by atoms with Gasteiger partial charge in [0, 0.05) is 25.0 Å². The quantitative estimate of drug-likeness (QED) is 0.744. The van der Waals surface area contributed by atoms with Crippen LogP contribution in [0.15, 0.2) is 22.0 Å². The first-order valence-electron chi connectivity index (χ1n) is 9.75. The number of rotatable bonds is 6. The minimum absolute atomic E-state index is 0.00445. The smallest absolute Gasteiger partial charge is 0.341 e. The molecule has 2 aliphatic heterocycles. The number of halogens is 2. The van der Waals surface area contributed by atoms with Crippen LogP contribution in [0, 0.1) is 11.7 Å². The minimum Gasteiger partial charge on any atom is -0.477 e. The van der Waals surface area contributed by atoms with E-state index in [1.807, 2.05) is 11.8 Å². The Morgan fingerprint density at radius 3 is 2.93 bits per heavy atom. The van der Waals surface area contributed by atoms with Crippen LogP contribution in [-0.4, -0.2) is 54.2 Å². The Kier molecular flexibility index (Phi) is 5.52. The number of carboxylic acids is 1. The molecule has 0 spiro atoms. The predicted octanol–water partition coefficient (Wildman–Crippen LogP) is 2.89. The topological polar surface area (TPSA) is 74.6 Å². The van der Waals surface area contributed by atoms with Crippen LogP contribution in [0.5, 0.6) is 0 Å². The summed E-state index contributed by atoms with van der Waals surface area (Å²) < 4.78 is 30.4. The predicted molar refractivity (Wildman–Crippen MR) is 110 cm³/mol. The highest BCUT2D eigenvalue weighted by atomic mass is 32.2. The molecule has 6 nitrogen and oxygen atoms in total. The number of thioether (sulfide) groups is 1. The molecule has 0 amide bonds. The molecule has 3 heterocycles. The fourth-order valence-corrected chi connectivity index (χ4v) is 5.57. The van der Waals surface area contributed by atoms with E-state index in [1.165, 1.54) is 22.5 Å².